The zero-order valence-electron chi connectivity index (χ0n) is 16.1. The van der Waals surface area contributed by atoms with Crippen molar-refractivity contribution < 1.29 is 18.4 Å². The third kappa shape index (κ3) is 4.05. The molecule has 0 radical (unpaired) electrons. The van der Waals surface area contributed by atoms with Crippen LogP contribution in [0.5, 0.6) is 0 Å². The second-order valence-corrected chi connectivity index (χ2v) is 7.00. The maximum Gasteiger partial charge on any atom is 0.291 e. The number of hydrogen-bond donors (Lipinski definition) is 1. The smallest absolute Gasteiger partial charge is 0.291 e. The lowest BCUT2D eigenvalue weighted by Crippen LogP contribution is -2.29. The molecule has 1 aromatic carbocycles. The zero-order chi connectivity index (χ0) is 20.3. The van der Waals surface area contributed by atoms with Crippen molar-refractivity contribution in [2.24, 2.45) is 0 Å². The largest absolute Gasteiger partial charge is 0.340 e. The third-order valence-corrected chi connectivity index (χ3v) is 4.89. The lowest BCUT2D eigenvalue weighted by molar-refractivity contribution is 0.0786. The SMILES string of the molecule is CCCCN(C)C(=O)c1nc(C(=O)Nc2ccc(F)c(F)c2)n2c1CCCC2. The maximum atomic E-state index is 13.4. The Hall–Kier alpha value is -2.77. The molecule has 1 aliphatic heterocycles. The summed E-state index contributed by atoms with van der Waals surface area (Å²) in [7, 11) is 1.73. The lowest BCUT2D eigenvalue weighted by atomic mass is 10.1. The van der Waals surface area contributed by atoms with Crippen molar-refractivity contribution in [3.63, 3.8) is 0 Å². The number of hydrogen-bond acceptors (Lipinski definition) is 3. The Morgan fingerprint density at radius 1 is 1.25 bits per heavy atom. The van der Waals surface area contributed by atoms with Gasteiger partial charge in [0.1, 0.15) is 5.69 Å². The van der Waals surface area contributed by atoms with Gasteiger partial charge in [-0.2, -0.15) is 0 Å². The molecular weight excluding hydrogens is 366 g/mol. The minimum absolute atomic E-state index is 0.117. The van der Waals surface area contributed by atoms with Gasteiger partial charge in [0.15, 0.2) is 17.5 Å². The first-order valence-corrected chi connectivity index (χ1v) is 9.53. The third-order valence-electron chi connectivity index (χ3n) is 4.89. The molecule has 1 aliphatic rings. The number of aromatic nitrogens is 2. The average Bonchev–Trinajstić information content (AvgIpc) is 3.08. The van der Waals surface area contributed by atoms with E-state index in [2.05, 4.69) is 17.2 Å². The van der Waals surface area contributed by atoms with Crippen molar-refractivity contribution in [3.8, 4) is 0 Å². The molecule has 2 amide bonds. The predicted octanol–water partition coefficient (Wildman–Crippen LogP) is 3.62. The van der Waals surface area contributed by atoms with Gasteiger partial charge in [0.25, 0.3) is 11.8 Å². The number of carbonyl (C=O) groups excluding carboxylic acids is 2. The number of benzene rings is 1. The minimum Gasteiger partial charge on any atom is -0.340 e. The standard InChI is InChI=1S/C20H24F2N4O2/c1-3-4-10-25(2)20(28)17-16-7-5-6-11-26(16)18(24-17)19(27)23-13-8-9-14(21)15(22)12-13/h8-9,12H,3-7,10-11H2,1-2H3,(H,23,27). The number of unbranched alkanes of at least 4 members (excludes halogenated alkanes) is 1. The van der Waals surface area contributed by atoms with Crippen molar-refractivity contribution in [2.45, 2.75) is 45.6 Å². The van der Waals surface area contributed by atoms with Gasteiger partial charge in [-0.25, -0.2) is 13.8 Å². The summed E-state index contributed by atoms with van der Waals surface area (Å²) in [6, 6.07) is 3.14. The van der Waals surface area contributed by atoms with E-state index >= 15 is 0 Å². The predicted molar refractivity (Wildman–Crippen MR) is 101 cm³/mol. The number of imidazole rings is 1. The van der Waals surface area contributed by atoms with E-state index < -0.39 is 17.5 Å². The molecule has 0 saturated carbocycles. The quantitative estimate of drug-likeness (QED) is 0.819. The highest BCUT2D eigenvalue weighted by Crippen LogP contribution is 2.23. The van der Waals surface area contributed by atoms with Crippen LogP contribution in [-0.2, 0) is 13.0 Å². The van der Waals surface area contributed by atoms with Crippen LogP contribution in [0.3, 0.4) is 0 Å². The fraction of sp³-hybridized carbons (Fsp3) is 0.450. The molecule has 0 atom stereocenters. The van der Waals surface area contributed by atoms with Crippen LogP contribution >= 0.6 is 0 Å². The summed E-state index contributed by atoms with van der Waals surface area (Å²) in [4.78, 5) is 31.5. The summed E-state index contributed by atoms with van der Waals surface area (Å²) in [5.41, 5.74) is 1.19. The topological polar surface area (TPSA) is 67.2 Å². The second kappa shape index (κ2) is 8.50. The zero-order valence-corrected chi connectivity index (χ0v) is 16.1. The Balaban J connectivity index is 1.88. The van der Waals surface area contributed by atoms with E-state index in [-0.39, 0.29) is 17.4 Å². The summed E-state index contributed by atoms with van der Waals surface area (Å²) in [6.07, 6.45) is 4.35. The molecule has 8 heteroatoms. The van der Waals surface area contributed by atoms with Gasteiger partial charge in [-0.1, -0.05) is 13.3 Å². The van der Waals surface area contributed by atoms with Crippen LogP contribution in [0, 0.1) is 11.6 Å². The molecule has 0 unspecified atom stereocenters. The molecule has 1 N–H and O–H groups in total. The molecule has 0 fully saturated rings. The summed E-state index contributed by atoms with van der Waals surface area (Å²) in [5, 5.41) is 2.54. The first kappa shape index (κ1) is 20.0. The minimum atomic E-state index is -1.05. The number of rotatable bonds is 6. The van der Waals surface area contributed by atoms with Crippen LogP contribution in [-0.4, -0.2) is 39.9 Å². The normalized spacial score (nSPS) is 13.1. The van der Waals surface area contributed by atoms with E-state index in [9.17, 15) is 18.4 Å². The van der Waals surface area contributed by atoms with E-state index in [1.807, 2.05) is 0 Å². The van der Waals surface area contributed by atoms with Gasteiger partial charge < -0.3 is 14.8 Å². The van der Waals surface area contributed by atoms with Crippen molar-refractivity contribution in [1.82, 2.24) is 14.5 Å². The molecule has 0 saturated heterocycles. The summed E-state index contributed by atoms with van der Waals surface area (Å²) in [5.74, 6) is -2.67. The van der Waals surface area contributed by atoms with Crippen LogP contribution < -0.4 is 5.32 Å². The average molecular weight is 390 g/mol. The Morgan fingerprint density at radius 2 is 2.04 bits per heavy atom. The van der Waals surface area contributed by atoms with E-state index in [1.165, 1.54) is 6.07 Å². The summed E-state index contributed by atoms with van der Waals surface area (Å²) < 4.78 is 28.3. The van der Waals surface area contributed by atoms with Gasteiger partial charge in [0.05, 0.1) is 5.69 Å². The van der Waals surface area contributed by atoms with E-state index in [4.69, 9.17) is 0 Å². The number of nitrogens with zero attached hydrogens (tertiary/aromatic N) is 3. The van der Waals surface area contributed by atoms with Crippen molar-refractivity contribution in [2.75, 3.05) is 18.9 Å². The van der Waals surface area contributed by atoms with Crippen LogP contribution in [0.2, 0.25) is 0 Å². The fourth-order valence-electron chi connectivity index (χ4n) is 3.33. The van der Waals surface area contributed by atoms with Gasteiger partial charge in [0.2, 0.25) is 0 Å². The summed E-state index contributed by atoms with van der Waals surface area (Å²) in [6.45, 7) is 3.27. The molecule has 2 heterocycles. The first-order valence-electron chi connectivity index (χ1n) is 9.53. The number of anilines is 1. The molecule has 0 spiro atoms. The molecule has 1 aromatic heterocycles. The van der Waals surface area contributed by atoms with Gasteiger partial charge in [-0.05, 0) is 37.8 Å². The van der Waals surface area contributed by atoms with Crippen LogP contribution in [0.1, 0.15) is 59.4 Å². The molecule has 3 rings (SSSR count). The highest BCUT2D eigenvalue weighted by Gasteiger charge is 2.29. The number of halogens is 2. The monoisotopic (exact) mass is 390 g/mol. The van der Waals surface area contributed by atoms with Crippen molar-refractivity contribution in [1.29, 1.82) is 0 Å². The van der Waals surface area contributed by atoms with Gasteiger partial charge in [-0.15, -0.1) is 0 Å². The molecule has 0 aliphatic carbocycles. The molecule has 150 valence electrons. The Bertz CT molecular complexity index is 895. The Labute approximate surface area is 162 Å². The van der Waals surface area contributed by atoms with E-state index in [0.717, 1.165) is 43.5 Å². The van der Waals surface area contributed by atoms with Crippen molar-refractivity contribution >= 4 is 17.5 Å². The highest BCUT2D eigenvalue weighted by atomic mass is 19.2. The van der Waals surface area contributed by atoms with Gasteiger partial charge in [0, 0.05) is 31.9 Å². The Kier molecular flexibility index (Phi) is 6.06. The summed E-state index contributed by atoms with van der Waals surface area (Å²) >= 11 is 0. The van der Waals surface area contributed by atoms with Gasteiger partial charge >= 0.3 is 0 Å². The molecule has 2 aromatic rings. The highest BCUT2D eigenvalue weighted by molar-refractivity contribution is 6.03. The molecular formula is C20H24F2N4O2. The number of carbonyl (C=O) groups is 2. The molecule has 6 nitrogen and oxygen atoms in total. The van der Waals surface area contributed by atoms with Crippen LogP contribution in [0.15, 0.2) is 18.2 Å². The van der Waals surface area contributed by atoms with Gasteiger partial charge in [-0.3, -0.25) is 9.59 Å². The van der Waals surface area contributed by atoms with Crippen molar-refractivity contribution in [3.05, 3.63) is 47.0 Å². The fourth-order valence-corrected chi connectivity index (χ4v) is 3.33. The lowest BCUT2D eigenvalue weighted by Gasteiger charge is -2.19. The Morgan fingerprint density at radius 3 is 2.75 bits per heavy atom. The first-order chi connectivity index (χ1) is 13.4. The van der Waals surface area contributed by atoms with E-state index in [0.29, 0.717) is 25.2 Å². The molecule has 28 heavy (non-hydrogen) atoms. The number of amides is 2. The number of nitrogens with one attached hydrogen (secondary N) is 1. The number of fused-ring (bicyclic) bond motifs is 1. The molecule has 0 bridgehead atoms. The van der Waals surface area contributed by atoms with Crippen LogP contribution in [0.4, 0.5) is 14.5 Å². The van der Waals surface area contributed by atoms with Crippen LogP contribution in [0.25, 0.3) is 0 Å². The second-order valence-electron chi connectivity index (χ2n) is 7.00. The van der Waals surface area contributed by atoms with E-state index in [1.54, 1.807) is 16.5 Å². The maximum absolute atomic E-state index is 13.4.